The summed E-state index contributed by atoms with van der Waals surface area (Å²) in [4.78, 5) is 6.03. The molecular formula is C11H20N4O. The number of hydrogen-bond acceptors (Lipinski definition) is 3. The van der Waals surface area contributed by atoms with Crippen LogP contribution in [0.4, 0.5) is 0 Å². The lowest BCUT2D eigenvalue weighted by molar-refractivity contribution is 0.370. The smallest absolute Gasteiger partial charge is 0.193 e. The second kappa shape index (κ2) is 5.53. The van der Waals surface area contributed by atoms with Crippen LogP contribution in [-0.2, 0) is 6.54 Å². The van der Waals surface area contributed by atoms with E-state index in [2.05, 4.69) is 29.3 Å². The Morgan fingerprint density at radius 1 is 1.56 bits per heavy atom. The number of nitrogens with one attached hydrogen (secondary N) is 1. The Bertz CT molecular complexity index is 355. The molecule has 1 heterocycles. The standard InChI is InChI=1S/C11H20N4O/c1-8(2)10-6-9(16-14-10)7-13-11(12-3)15(4)5/h6,8H,7H2,1-5H3,(H,12,13). The van der Waals surface area contributed by atoms with Crippen molar-refractivity contribution in [2.45, 2.75) is 26.3 Å². The molecule has 0 unspecified atom stereocenters. The summed E-state index contributed by atoms with van der Waals surface area (Å²) in [5, 5.41) is 7.18. The van der Waals surface area contributed by atoms with Crippen LogP contribution in [0.25, 0.3) is 0 Å². The van der Waals surface area contributed by atoms with Gasteiger partial charge in [-0.1, -0.05) is 19.0 Å². The summed E-state index contributed by atoms with van der Waals surface area (Å²) in [6.45, 7) is 4.78. The molecule has 0 atom stereocenters. The second-order valence-corrected chi connectivity index (χ2v) is 4.17. The van der Waals surface area contributed by atoms with Gasteiger partial charge in [-0.05, 0) is 5.92 Å². The molecule has 0 aromatic carbocycles. The zero-order valence-electron chi connectivity index (χ0n) is 10.6. The molecule has 0 spiro atoms. The molecule has 0 amide bonds. The lowest BCUT2D eigenvalue weighted by atomic mass is 10.1. The van der Waals surface area contributed by atoms with Gasteiger partial charge in [-0.25, -0.2) is 0 Å². The number of nitrogens with zero attached hydrogens (tertiary/aromatic N) is 3. The summed E-state index contributed by atoms with van der Waals surface area (Å²) in [6, 6.07) is 1.97. The minimum atomic E-state index is 0.394. The van der Waals surface area contributed by atoms with Crippen LogP contribution in [0, 0.1) is 0 Å². The predicted molar refractivity (Wildman–Crippen MR) is 64.5 cm³/mol. The summed E-state index contributed by atoms with van der Waals surface area (Å²) in [5.74, 6) is 2.04. The fourth-order valence-corrected chi connectivity index (χ4v) is 1.29. The summed E-state index contributed by atoms with van der Waals surface area (Å²) in [7, 11) is 5.63. The molecule has 0 radical (unpaired) electrons. The Labute approximate surface area is 96.5 Å². The third-order valence-electron chi connectivity index (χ3n) is 2.22. The maximum absolute atomic E-state index is 5.21. The van der Waals surface area contributed by atoms with Gasteiger partial charge in [0, 0.05) is 27.2 Å². The first-order valence-electron chi connectivity index (χ1n) is 5.38. The largest absolute Gasteiger partial charge is 0.359 e. The fraction of sp³-hybridized carbons (Fsp3) is 0.636. The molecule has 1 rings (SSSR count). The molecule has 1 aromatic rings. The maximum atomic E-state index is 5.21. The van der Waals surface area contributed by atoms with Crippen molar-refractivity contribution in [3.63, 3.8) is 0 Å². The van der Waals surface area contributed by atoms with Crippen LogP contribution >= 0.6 is 0 Å². The summed E-state index contributed by atoms with van der Waals surface area (Å²) < 4.78 is 5.21. The normalized spacial score (nSPS) is 12.0. The van der Waals surface area contributed by atoms with Crippen LogP contribution in [0.5, 0.6) is 0 Å². The Morgan fingerprint density at radius 2 is 2.25 bits per heavy atom. The molecule has 0 fully saturated rings. The van der Waals surface area contributed by atoms with E-state index >= 15 is 0 Å². The highest BCUT2D eigenvalue weighted by molar-refractivity contribution is 5.79. The van der Waals surface area contributed by atoms with E-state index in [1.54, 1.807) is 7.05 Å². The van der Waals surface area contributed by atoms with Crippen molar-refractivity contribution in [1.29, 1.82) is 0 Å². The van der Waals surface area contributed by atoms with Gasteiger partial charge >= 0.3 is 0 Å². The Morgan fingerprint density at radius 3 is 2.69 bits per heavy atom. The lowest BCUT2D eigenvalue weighted by Gasteiger charge is -2.15. The minimum Gasteiger partial charge on any atom is -0.359 e. The molecule has 0 saturated heterocycles. The third-order valence-corrected chi connectivity index (χ3v) is 2.22. The van der Waals surface area contributed by atoms with Crippen LogP contribution in [0.1, 0.15) is 31.2 Å². The van der Waals surface area contributed by atoms with E-state index in [1.165, 1.54) is 0 Å². The highest BCUT2D eigenvalue weighted by Crippen LogP contribution is 2.13. The summed E-state index contributed by atoms with van der Waals surface area (Å²) in [6.07, 6.45) is 0. The highest BCUT2D eigenvalue weighted by atomic mass is 16.5. The van der Waals surface area contributed by atoms with Crippen molar-refractivity contribution in [2.24, 2.45) is 4.99 Å². The highest BCUT2D eigenvalue weighted by Gasteiger charge is 2.08. The van der Waals surface area contributed by atoms with Crippen LogP contribution in [0.2, 0.25) is 0 Å². The van der Waals surface area contributed by atoms with Crippen LogP contribution in [-0.4, -0.2) is 37.2 Å². The Balaban J connectivity index is 2.54. The third kappa shape index (κ3) is 3.25. The molecule has 1 aromatic heterocycles. The molecule has 5 nitrogen and oxygen atoms in total. The number of aromatic nitrogens is 1. The van der Waals surface area contributed by atoms with E-state index in [1.807, 2.05) is 25.1 Å². The average Bonchev–Trinajstić information content (AvgIpc) is 2.67. The van der Waals surface area contributed by atoms with Crippen molar-refractivity contribution in [3.8, 4) is 0 Å². The van der Waals surface area contributed by atoms with Gasteiger partial charge in [0.05, 0.1) is 12.2 Å². The molecular weight excluding hydrogens is 204 g/mol. The van der Waals surface area contributed by atoms with Crippen LogP contribution in [0.3, 0.4) is 0 Å². The van der Waals surface area contributed by atoms with Crippen molar-refractivity contribution in [3.05, 3.63) is 17.5 Å². The minimum absolute atomic E-state index is 0.394. The molecule has 0 saturated carbocycles. The van der Waals surface area contributed by atoms with E-state index in [0.717, 1.165) is 17.4 Å². The van der Waals surface area contributed by atoms with E-state index in [0.29, 0.717) is 12.5 Å². The Kier molecular flexibility index (Phi) is 4.34. The molecule has 5 heteroatoms. The Hall–Kier alpha value is -1.52. The molecule has 90 valence electrons. The van der Waals surface area contributed by atoms with E-state index < -0.39 is 0 Å². The van der Waals surface area contributed by atoms with Gasteiger partial charge in [-0.15, -0.1) is 0 Å². The number of hydrogen-bond donors (Lipinski definition) is 1. The SMILES string of the molecule is CN=C(NCc1cc(C(C)C)no1)N(C)C. The monoisotopic (exact) mass is 224 g/mol. The maximum Gasteiger partial charge on any atom is 0.193 e. The summed E-state index contributed by atoms with van der Waals surface area (Å²) >= 11 is 0. The van der Waals surface area contributed by atoms with Crippen molar-refractivity contribution >= 4 is 5.96 Å². The number of rotatable bonds is 3. The molecule has 0 aliphatic rings. The molecule has 0 aliphatic carbocycles. The lowest BCUT2D eigenvalue weighted by Crippen LogP contribution is -2.35. The van der Waals surface area contributed by atoms with Gasteiger partial charge in [0.25, 0.3) is 0 Å². The van der Waals surface area contributed by atoms with Gasteiger partial charge in [-0.2, -0.15) is 0 Å². The zero-order valence-corrected chi connectivity index (χ0v) is 10.6. The fourth-order valence-electron chi connectivity index (χ4n) is 1.29. The first kappa shape index (κ1) is 12.5. The second-order valence-electron chi connectivity index (χ2n) is 4.17. The summed E-state index contributed by atoms with van der Waals surface area (Å²) in [5.41, 5.74) is 0.983. The van der Waals surface area contributed by atoms with Crippen LogP contribution < -0.4 is 5.32 Å². The zero-order chi connectivity index (χ0) is 12.1. The van der Waals surface area contributed by atoms with Crippen molar-refractivity contribution < 1.29 is 4.52 Å². The molecule has 0 bridgehead atoms. The van der Waals surface area contributed by atoms with Crippen LogP contribution in [0.15, 0.2) is 15.6 Å². The van der Waals surface area contributed by atoms with E-state index in [4.69, 9.17) is 4.52 Å². The van der Waals surface area contributed by atoms with Crippen molar-refractivity contribution in [2.75, 3.05) is 21.1 Å². The quantitative estimate of drug-likeness (QED) is 0.623. The first-order chi connectivity index (χ1) is 7.54. The molecule has 16 heavy (non-hydrogen) atoms. The van der Waals surface area contributed by atoms with Gasteiger partial charge in [0.1, 0.15) is 0 Å². The topological polar surface area (TPSA) is 53.7 Å². The van der Waals surface area contributed by atoms with E-state index in [9.17, 15) is 0 Å². The van der Waals surface area contributed by atoms with Crippen molar-refractivity contribution in [1.82, 2.24) is 15.4 Å². The first-order valence-corrected chi connectivity index (χ1v) is 5.38. The number of aliphatic imine (C=N–C) groups is 1. The predicted octanol–water partition coefficient (Wildman–Crippen LogP) is 1.43. The molecule has 1 N–H and O–H groups in total. The van der Waals surface area contributed by atoms with Gasteiger partial charge in [0.2, 0.25) is 0 Å². The van der Waals surface area contributed by atoms with Gasteiger partial charge < -0.3 is 14.7 Å². The number of guanidine groups is 1. The van der Waals surface area contributed by atoms with Gasteiger partial charge in [-0.3, -0.25) is 4.99 Å². The van der Waals surface area contributed by atoms with E-state index in [-0.39, 0.29) is 0 Å². The van der Waals surface area contributed by atoms with Gasteiger partial charge in [0.15, 0.2) is 11.7 Å². The average molecular weight is 224 g/mol. The molecule has 0 aliphatic heterocycles.